The molecular formula is C25H24N4OS. The number of fused-ring (bicyclic) bond motifs is 1. The third-order valence-corrected chi connectivity index (χ3v) is 6.70. The van der Waals surface area contributed by atoms with E-state index in [2.05, 4.69) is 34.1 Å². The van der Waals surface area contributed by atoms with Gasteiger partial charge in [0.1, 0.15) is 5.75 Å². The second-order valence-electron chi connectivity index (χ2n) is 7.75. The molecule has 0 bridgehead atoms. The maximum Gasteiger partial charge on any atom is 0.159 e. The molecule has 0 saturated carbocycles. The van der Waals surface area contributed by atoms with Crippen molar-refractivity contribution in [2.75, 3.05) is 19.4 Å². The quantitative estimate of drug-likeness (QED) is 0.452. The first-order valence-electron chi connectivity index (χ1n) is 10.3. The van der Waals surface area contributed by atoms with E-state index in [-0.39, 0.29) is 0 Å². The van der Waals surface area contributed by atoms with E-state index in [9.17, 15) is 0 Å². The van der Waals surface area contributed by atoms with Gasteiger partial charge in [0, 0.05) is 58.8 Å². The molecule has 3 heterocycles. The summed E-state index contributed by atoms with van der Waals surface area (Å²) in [5.74, 6) is 1.66. The van der Waals surface area contributed by atoms with Crippen molar-refractivity contribution in [3.8, 4) is 27.6 Å². The molecule has 156 valence electrons. The van der Waals surface area contributed by atoms with Gasteiger partial charge in [-0.1, -0.05) is 12.1 Å². The Labute approximate surface area is 186 Å². The number of nitrogen functional groups attached to an aromatic ring is 1. The lowest BCUT2D eigenvalue weighted by molar-refractivity contribution is 0.245. The molecular weight excluding hydrogens is 404 g/mol. The number of ether oxygens (including phenoxy) is 1. The Bertz CT molecular complexity index is 1200. The highest BCUT2D eigenvalue weighted by Gasteiger charge is 2.19. The van der Waals surface area contributed by atoms with Gasteiger partial charge in [-0.05, 0) is 54.1 Å². The molecule has 2 aromatic heterocycles. The maximum atomic E-state index is 5.79. The van der Waals surface area contributed by atoms with Crippen LogP contribution in [-0.2, 0) is 19.5 Å². The summed E-state index contributed by atoms with van der Waals surface area (Å²) in [7, 11) is 1.70. The SMILES string of the molecule is COc1cccc(-c2ccc(CN3CCc4nc(-c5ccc(N)cc5)ncc4C3)s2)c1. The van der Waals surface area contributed by atoms with E-state index in [4.69, 9.17) is 15.5 Å². The van der Waals surface area contributed by atoms with Crippen LogP contribution in [0.1, 0.15) is 16.1 Å². The fourth-order valence-electron chi connectivity index (χ4n) is 3.90. The van der Waals surface area contributed by atoms with Crippen molar-refractivity contribution in [3.63, 3.8) is 0 Å². The molecule has 0 aliphatic carbocycles. The third-order valence-electron chi connectivity index (χ3n) is 5.58. The van der Waals surface area contributed by atoms with Crippen LogP contribution in [0.3, 0.4) is 0 Å². The van der Waals surface area contributed by atoms with Gasteiger partial charge >= 0.3 is 0 Å². The lowest BCUT2D eigenvalue weighted by atomic mass is 10.1. The zero-order chi connectivity index (χ0) is 21.2. The highest BCUT2D eigenvalue weighted by Crippen LogP contribution is 2.32. The van der Waals surface area contributed by atoms with Crippen LogP contribution in [0.25, 0.3) is 21.8 Å². The zero-order valence-corrected chi connectivity index (χ0v) is 18.2. The smallest absolute Gasteiger partial charge is 0.159 e. The van der Waals surface area contributed by atoms with Crippen molar-refractivity contribution in [2.45, 2.75) is 19.5 Å². The number of aromatic nitrogens is 2. The summed E-state index contributed by atoms with van der Waals surface area (Å²) in [6.45, 7) is 2.81. The van der Waals surface area contributed by atoms with Gasteiger partial charge in [0.25, 0.3) is 0 Å². The van der Waals surface area contributed by atoms with Crippen molar-refractivity contribution in [2.24, 2.45) is 0 Å². The Morgan fingerprint density at radius 3 is 2.77 bits per heavy atom. The van der Waals surface area contributed by atoms with Crippen molar-refractivity contribution >= 4 is 17.0 Å². The molecule has 0 spiro atoms. The van der Waals surface area contributed by atoms with Crippen LogP contribution >= 0.6 is 11.3 Å². The van der Waals surface area contributed by atoms with E-state index < -0.39 is 0 Å². The summed E-state index contributed by atoms with van der Waals surface area (Å²) in [6.07, 6.45) is 2.92. The molecule has 0 unspecified atom stereocenters. The molecule has 6 heteroatoms. The largest absolute Gasteiger partial charge is 0.497 e. The molecule has 2 N–H and O–H groups in total. The molecule has 5 rings (SSSR count). The van der Waals surface area contributed by atoms with Crippen LogP contribution in [0.15, 0.2) is 66.9 Å². The first-order valence-corrected chi connectivity index (χ1v) is 11.2. The number of benzene rings is 2. The lowest BCUT2D eigenvalue weighted by Crippen LogP contribution is -2.30. The fourth-order valence-corrected chi connectivity index (χ4v) is 4.94. The Morgan fingerprint density at radius 2 is 1.94 bits per heavy atom. The summed E-state index contributed by atoms with van der Waals surface area (Å²) < 4.78 is 5.36. The van der Waals surface area contributed by atoms with Crippen LogP contribution < -0.4 is 10.5 Å². The first kappa shape index (κ1) is 19.7. The first-order chi connectivity index (χ1) is 15.2. The van der Waals surface area contributed by atoms with E-state index in [1.165, 1.54) is 20.9 Å². The second kappa shape index (κ2) is 8.49. The van der Waals surface area contributed by atoms with Gasteiger partial charge in [-0.15, -0.1) is 11.3 Å². The summed E-state index contributed by atoms with van der Waals surface area (Å²) in [5.41, 5.74) is 11.1. The maximum absolute atomic E-state index is 5.79. The predicted octanol–water partition coefficient (Wildman–Crippen LogP) is 5.02. The van der Waals surface area contributed by atoms with Gasteiger partial charge in [-0.2, -0.15) is 0 Å². The molecule has 4 aromatic rings. The number of anilines is 1. The Hall–Kier alpha value is -3.22. The van der Waals surface area contributed by atoms with E-state index in [1.807, 2.05) is 53.9 Å². The number of rotatable bonds is 5. The summed E-state index contributed by atoms with van der Waals surface area (Å²) >= 11 is 1.84. The summed E-state index contributed by atoms with van der Waals surface area (Å²) in [4.78, 5) is 14.5. The number of nitrogens with zero attached hydrogens (tertiary/aromatic N) is 3. The van der Waals surface area contributed by atoms with Crippen LogP contribution in [-0.4, -0.2) is 28.5 Å². The van der Waals surface area contributed by atoms with Gasteiger partial charge in [-0.3, -0.25) is 4.90 Å². The number of methoxy groups -OCH3 is 1. The van der Waals surface area contributed by atoms with Crippen molar-refractivity contribution in [1.82, 2.24) is 14.9 Å². The minimum atomic E-state index is 0.750. The van der Waals surface area contributed by atoms with Crippen molar-refractivity contribution in [1.29, 1.82) is 0 Å². The molecule has 0 fully saturated rings. The van der Waals surface area contributed by atoms with Gasteiger partial charge in [0.05, 0.1) is 12.8 Å². The monoisotopic (exact) mass is 428 g/mol. The molecule has 0 amide bonds. The van der Waals surface area contributed by atoms with Crippen molar-refractivity contribution < 1.29 is 4.74 Å². The van der Waals surface area contributed by atoms with Gasteiger partial charge in [0.2, 0.25) is 0 Å². The standard InChI is InChI=1S/C25H24N4OS/c1-30-21-4-2-3-18(13-21)24-10-9-22(31-24)16-29-12-11-23-19(15-29)14-27-25(28-23)17-5-7-20(26)8-6-17/h2-10,13-14H,11-12,15-16,26H2,1H3. The van der Waals surface area contributed by atoms with Gasteiger partial charge in [-0.25, -0.2) is 9.97 Å². The minimum absolute atomic E-state index is 0.750. The molecule has 0 saturated heterocycles. The van der Waals surface area contributed by atoms with Gasteiger partial charge < -0.3 is 10.5 Å². The number of thiophene rings is 1. The Kier molecular flexibility index (Phi) is 5.40. The number of hydrogen-bond acceptors (Lipinski definition) is 6. The molecule has 1 aliphatic heterocycles. The van der Waals surface area contributed by atoms with Gasteiger partial charge in [0.15, 0.2) is 5.82 Å². The van der Waals surface area contributed by atoms with E-state index in [0.717, 1.165) is 54.6 Å². The number of nitrogens with two attached hydrogens (primary N) is 1. The minimum Gasteiger partial charge on any atom is -0.497 e. The molecule has 1 aliphatic rings. The van der Waals surface area contributed by atoms with E-state index in [0.29, 0.717) is 0 Å². The molecule has 5 nitrogen and oxygen atoms in total. The topological polar surface area (TPSA) is 64.3 Å². The average molecular weight is 429 g/mol. The average Bonchev–Trinajstić information content (AvgIpc) is 3.28. The van der Waals surface area contributed by atoms with Crippen LogP contribution in [0.2, 0.25) is 0 Å². The Morgan fingerprint density at radius 1 is 1.06 bits per heavy atom. The molecule has 2 aromatic carbocycles. The van der Waals surface area contributed by atoms with Crippen molar-refractivity contribution in [3.05, 3.63) is 83.0 Å². The second-order valence-corrected chi connectivity index (χ2v) is 8.91. The molecule has 31 heavy (non-hydrogen) atoms. The van der Waals surface area contributed by atoms with Crippen LogP contribution in [0.5, 0.6) is 5.75 Å². The fraction of sp³-hybridized carbons (Fsp3) is 0.200. The third kappa shape index (κ3) is 4.31. The summed E-state index contributed by atoms with van der Waals surface area (Å²) in [5, 5.41) is 0. The highest BCUT2D eigenvalue weighted by molar-refractivity contribution is 7.15. The highest BCUT2D eigenvalue weighted by atomic mass is 32.1. The predicted molar refractivity (Wildman–Crippen MR) is 126 cm³/mol. The zero-order valence-electron chi connectivity index (χ0n) is 17.4. The summed E-state index contributed by atoms with van der Waals surface area (Å²) in [6, 6.07) is 20.4. The normalized spacial score (nSPS) is 13.7. The lowest BCUT2D eigenvalue weighted by Gasteiger charge is -2.27. The van der Waals surface area contributed by atoms with Crippen LogP contribution in [0, 0.1) is 0 Å². The molecule has 0 radical (unpaired) electrons. The van der Waals surface area contributed by atoms with E-state index in [1.54, 1.807) is 7.11 Å². The molecule has 0 atom stereocenters. The Balaban J connectivity index is 1.28. The van der Waals surface area contributed by atoms with E-state index >= 15 is 0 Å². The van der Waals surface area contributed by atoms with Crippen LogP contribution in [0.4, 0.5) is 5.69 Å². The number of hydrogen-bond donors (Lipinski definition) is 1.